The van der Waals surface area contributed by atoms with Gasteiger partial charge in [0.15, 0.2) is 0 Å². The Labute approximate surface area is 199 Å². The summed E-state index contributed by atoms with van der Waals surface area (Å²) in [5.74, 6) is 2.21. The van der Waals surface area contributed by atoms with Crippen molar-refractivity contribution in [2.75, 3.05) is 20.1 Å². The van der Waals surface area contributed by atoms with E-state index in [4.69, 9.17) is 0 Å². The molecular formula is C27H46N2V. The van der Waals surface area contributed by atoms with Gasteiger partial charge in [0.25, 0.3) is 0 Å². The molecule has 1 aliphatic carbocycles. The Morgan fingerprint density at radius 3 is 1.77 bits per heavy atom. The second kappa shape index (κ2) is 9.30. The van der Waals surface area contributed by atoms with Gasteiger partial charge in [-0.25, -0.2) is 0 Å². The Morgan fingerprint density at radius 1 is 0.733 bits per heavy atom. The van der Waals surface area contributed by atoms with Crippen LogP contribution in [0.15, 0.2) is 0 Å². The molecule has 1 saturated carbocycles. The number of hydrogen-bond donors (Lipinski definition) is 0. The summed E-state index contributed by atoms with van der Waals surface area (Å²) in [7, 11) is 2.30. The summed E-state index contributed by atoms with van der Waals surface area (Å²) in [5, 5.41) is 0. The molecule has 6 unspecified atom stereocenters. The van der Waals surface area contributed by atoms with E-state index in [0.717, 1.165) is 11.8 Å². The van der Waals surface area contributed by atoms with Crippen molar-refractivity contribution in [2.24, 2.45) is 17.8 Å². The molecule has 0 N–H and O–H groups in total. The maximum absolute atomic E-state index is 2.95. The van der Waals surface area contributed by atoms with Gasteiger partial charge in [0, 0.05) is 49.3 Å². The van der Waals surface area contributed by atoms with E-state index >= 15 is 0 Å². The van der Waals surface area contributed by atoms with Gasteiger partial charge in [-0.05, 0) is 119 Å². The monoisotopic (exact) mass is 449 g/mol. The van der Waals surface area contributed by atoms with Crippen LogP contribution in [-0.2, 0) is 24.1 Å². The van der Waals surface area contributed by atoms with Crippen LogP contribution in [0.5, 0.6) is 0 Å². The topological polar surface area (TPSA) is 6.48 Å². The number of benzene rings is 1. The SMILES string of the molecule is Cc1c(C)c(C)c(C2(N3CCN(C)C(C)C3C)CCC(C)C(C)C2C)c(C)c1C.[V]. The second-order valence-corrected chi connectivity index (χ2v) is 10.7. The number of rotatable bonds is 2. The molecule has 1 saturated heterocycles. The summed E-state index contributed by atoms with van der Waals surface area (Å²) in [5.41, 5.74) is 9.44. The largest absolute Gasteiger partial charge is 0.301 e. The summed E-state index contributed by atoms with van der Waals surface area (Å²) >= 11 is 0. The zero-order chi connectivity index (χ0) is 21.8. The van der Waals surface area contributed by atoms with E-state index in [-0.39, 0.29) is 24.1 Å². The average molecular weight is 450 g/mol. The molecule has 3 heteroatoms. The van der Waals surface area contributed by atoms with Gasteiger partial charge < -0.3 is 4.90 Å². The van der Waals surface area contributed by atoms with Crippen molar-refractivity contribution in [1.29, 1.82) is 0 Å². The molecule has 0 spiro atoms. The first-order valence-electron chi connectivity index (χ1n) is 12.0. The summed E-state index contributed by atoms with van der Waals surface area (Å²) in [6.45, 7) is 26.7. The van der Waals surface area contributed by atoms with Gasteiger partial charge in [0.1, 0.15) is 0 Å². The normalized spacial score (nSPS) is 35.9. The molecule has 2 nitrogen and oxygen atoms in total. The first-order valence-corrected chi connectivity index (χ1v) is 12.0. The minimum atomic E-state index is 0. The van der Waals surface area contributed by atoms with E-state index in [1.807, 2.05) is 0 Å². The van der Waals surface area contributed by atoms with Crippen LogP contribution in [0.2, 0.25) is 0 Å². The quantitative estimate of drug-likeness (QED) is 0.534. The third kappa shape index (κ3) is 3.74. The van der Waals surface area contributed by atoms with Crippen LogP contribution in [0.4, 0.5) is 0 Å². The first-order chi connectivity index (χ1) is 13.5. The Kier molecular flexibility index (Phi) is 8.05. The van der Waals surface area contributed by atoms with Gasteiger partial charge in [-0.15, -0.1) is 0 Å². The second-order valence-electron chi connectivity index (χ2n) is 10.7. The maximum atomic E-state index is 2.95. The maximum Gasteiger partial charge on any atom is 0.0498 e. The fraction of sp³-hybridized carbons (Fsp3) is 0.778. The van der Waals surface area contributed by atoms with Gasteiger partial charge in [-0.1, -0.05) is 20.8 Å². The zero-order valence-corrected chi connectivity index (χ0v) is 23.0. The molecule has 3 rings (SSSR count). The van der Waals surface area contributed by atoms with E-state index in [2.05, 4.69) is 86.1 Å². The van der Waals surface area contributed by atoms with Gasteiger partial charge in [-0.2, -0.15) is 0 Å². The molecule has 2 aliphatic rings. The Hall–Kier alpha value is -0.276. The van der Waals surface area contributed by atoms with Crippen molar-refractivity contribution in [3.63, 3.8) is 0 Å². The smallest absolute Gasteiger partial charge is 0.0498 e. The third-order valence-electron chi connectivity index (χ3n) is 9.94. The van der Waals surface area contributed by atoms with Crippen molar-refractivity contribution < 1.29 is 18.6 Å². The predicted molar refractivity (Wildman–Crippen MR) is 127 cm³/mol. The van der Waals surface area contributed by atoms with Crippen molar-refractivity contribution in [3.05, 3.63) is 33.4 Å². The van der Waals surface area contributed by atoms with Gasteiger partial charge >= 0.3 is 0 Å². The average Bonchev–Trinajstić information content (AvgIpc) is 2.69. The number of likely N-dealkylation sites (N-methyl/N-ethyl adjacent to an activating group) is 1. The Morgan fingerprint density at radius 2 is 1.23 bits per heavy atom. The third-order valence-corrected chi connectivity index (χ3v) is 9.94. The molecule has 0 amide bonds. The molecular weight excluding hydrogens is 403 g/mol. The van der Waals surface area contributed by atoms with E-state index in [0.29, 0.717) is 18.0 Å². The molecule has 30 heavy (non-hydrogen) atoms. The van der Waals surface area contributed by atoms with Crippen LogP contribution >= 0.6 is 0 Å². The van der Waals surface area contributed by atoms with Crippen LogP contribution in [0.3, 0.4) is 0 Å². The van der Waals surface area contributed by atoms with Crippen molar-refractivity contribution >= 4 is 0 Å². The summed E-state index contributed by atoms with van der Waals surface area (Å²) < 4.78 is 0. The predicted octanol–water partition coefficient (Wildman–Crippen LogP) is 6.15. The molecule has 0 aromatic heterocycles. The van der Waals surface area contributed by atoms with E-state index < -0.39 is 0 Å². The zero-order valence-electron chi connectivity index (χ0n) is 21.6. The number of hydrogen-bond acceptors (Lipinski definition) is 2. The molecule has 1 aliphatic heterocycles. The molecule has 6 atom stereocenters. The molecule has 1 heterocycles. The van der Waals surface area contributed by atoms with E-state index in [9.17, 15) is 0 Å². The molecule has 169 valence electrons. The molecule has 1 aromatic carbocycles. The van der Waals surface area contributed by atoms with E-state index in [1.165, 1.54) is 42.6 Å². The number of piperazine rings is 1. The van der Waals surface area contributed by atoms with Crippen molar-refractivity contribution in [3.8, 4) is 0 Å². The van der Waals surface area contributed by atoms with Gasteiger partial charge in [-0.3, -0.25) is 4.90 Å². The van der Waals surface area contributed by atoms with Crippen LogP contribution in [0.1, 0.15) is 80.8 Å². The fourth-order valence-electron chi connectivity index (χ4n) is 6.78. The van der Waals surface area contributed by atoms with Gasteiger partial charge in [0.05, 0.1) is 0 Å². The van der Waals surface area contributed by atoms with Crippen LogP contribution in [0, 0.1) is 52.4 Å². The fourth-order valence-corrected chi connectivity index (χ4v) is 6.78. The van der Waals surface area contributed by atoms with Crippen LogP contribution < -0.4 is 0 Å². The molecule has 0 bridgehead atoms. The van der Waals surface area contributed by atoms with Crippen molar-refractivity contribution in [2.45, 2.75) is 99.7 Å². The van der Waals surface area contributed by atoms with Gasteiger partial charge in [0.2, 0.25) is 0 Å². The minimum Gasteiger partial charge on any atom is -0.301 e. The molecule has 2 fully saturated rings. The summed E-state index contributed by atoms with van der Waals surface area (Å²) in [6.07, 6.45) is 2.63. The molecule has 1 radical (unpaired) electrons. The Balaban J connectivity index is 0.00000320. The summed E-state index contributed by atoms with van der Waals surface area (Å²) in [6, 6.07) is 1.16. The minimum absolute atomic E-state index is 0. The molecule has 1 aromatic rings. The van der Waals surface area contributed by atoms with Crippen molar-refractivity contribution in [1.82, 2.24) is 9.80 Å². The van der Waals surface area contributed by atoms with E-state index in [1.54, 1.807) is 16.7 Å². The first kappa shape index (κ1) is 26.0. The standard InChI is InChI=1S/C27H46N2.V/c1-16-12-13-27(23(8)17(16)2,29-15-14-28(11)24(9)25(29)10)26-21(6)19(4)18(3)20(5)22(26)7;/h16-17,23-25H,12-15H2,1-11H3;. The summed E-state index contributed by atoms with van der Waals surface area (Å²) in [4.78, 5) is 5.51. The number of nitrogens with zero attached hydrogens (tertiary/aromatic N) is 2. The van der Waals surface area contributed by atoms with Crippen LogP contribution in [0.25, 0.3) is 0 Å². The Bertz CT molecular complexity index is 744. The van der Waals surface area contributed by atoms with Crippen LogP contribution in [-0.4, -0.2) is 42.0 Å².